The fourth-order valence-electron chi connectivity index (χ4n) is 3.56. The number of carbonyl (C=O) groups excluding carboxylic acids is 1. The summed E-state index contributed by atoms with van der Waals surface area (Å²) in [6.45, 7) is 5.10. The summed E-state index contributed by atoms with van der Waals surface area (Å²) in [7, 11) is 0. The van der Waals surface area contributed by atoms with Gasteiger partial charge in [-0.3, -0.25) is 4.79 Å². The summed E-state index contributed by atoms with van der Waals surface area (Å²) in [5.74, 6) is -0.435. The highest BCUT2D eigenvalue weighted by molar-refractivity contribution is 7.17. The normalized spacial score (nSPS) is 15.3. The van der Waals surface area contributed by atoms with Gasteiger partial charge in [-0.25, -0.2) is 4.98 Å². The topological polar surface area (TPSA) is 45.2 Å². The van der Waals surface area contributed by atoms with Crippen molar-refractivity contribution >= 4 is 17.2 Å². The van der Waals surface area contributed by atoms with Gasteiger partial charge in [-0.05, 0) is 70.4 Å². The van der Waals surface area contributed by atoms with Crippen molar-refractivity contribution in [1.82, 2.24) is 15.2 Å². The molecule has 1 N–H and O–H groups in total. The van der Waals surface area contributed by atoms with Crippen LogP contribution >= 0.6 is 11.3 Å². The van der Waals surface area contributed by atoms with Crippen LogP contribution in [0.5, 0.6) is 0 Å². The maximum Gasteiger partial charge on any atom is 0.416 e. The van der Waals surface area contributed by atoms with Crippen molar-refractivity contribution in [3.63, 3.8) is 0 Å². The first-order valence-electron chi connectivity index (χ1n) is 10.2. The molecule has 1 fully saturated rings. The van der Waals surface area contributed by atoms with Gasteiger partial charge in [0.15, 0.2) is 0 Å². The van der Waals surface area contributed by atoms with Gasteiger partial charge in [-0.15, -0.1) is 11.3 Å². The zero-order valence-electron chi connectivity index (χ0n) is 17.4. The second-order valence-electron chi connectivity index (χ2n) is 7.74. The Morgan fingerprint density at radius 3 is 2.19 bits per heavy atom. The van der Waals surface area contributed by atoms with E-state index in [1.807, 2.05) is 0 Å². The molecule has 1 aromatic carbocycles. The fourth-order valence-corrected chi connectivity index (χ4v) is 4.53. The third-order valence-corrected chi connectivity index (χ3v) is 6.43. The molecule has 0 radical (unpaired) electrons. The van der Waals surface area contributed by atoms with E-state index < -0.39 is 29.4 Å². The number of nitrogens with zero attached hydrogens (tertiary/aromatic N) is 2. The van der Waals surface area contributed by atoms with E-state index in [2.05, 4.69) is 15.2 Å². The molecule has 1 amide bonds. The van der Waals surface area contributed by atoms with Gasteiger partial charge < -0.3 is 10.2 Å². The van der Waals surface area contributed by atoms with Crippen LogP contribution in [0.25, 0.3) is 10.6 Å². The van der Waals surface area contributed by atoms with E-state index in [0.29, 0.717) is 18.7 Å². The van der Waals surface area contributed by atoms with E-state index in [1.165, 1.54) is 19.8 Å². The molecule has 2 heterocycles. The summed E-state index contributed by atoms with van der Waals surface area (Å²) in [5, 5.41) is 2.68. The van der Waals surface area contributed by atoms with Crippen LogP contribution in [0, 0.1) is 6.92 Å². The number of thiazole rings is 1. The number of amides is 1. The van der Waals surface area contributed by atoms with E-state index in [-0.39, 0.29) is 27.2 Å². The van der Waals surface area contributed by atoms with Crippen LogP contribution < -0.4 is 5.32 Å². The minimum atomic E-state index is -4.95. The molecule has 1 aliphatic heterocycles. The highest BCUT2D eigenvalue weighted by Gasteiger charge is 2.37. The number of carbonyl (C=O) groups is 1. The number of hydrogen-bond acceptors (Lipinski definition) is 4. The Labute approximate surface area is 185 Å². The number of halogens is 6. The number of aryl methyl sites for hydroxylation is 1. The van der Waals surface area contributed by atoms with Gasteiger partial charge in [-0.2, -0.15) is 26.3 Å². The van der Waals surface area contributed by atoms with Crippen molar-refractivity contribution < 1.29 is 31.1 Å². The third-order valence-electron chi connectivity index (χ3n) is 5.22. The molecule has 0 spiro atoms. The zero-order valence-corrected chi connectivity index (χ0v) is 18.2. The van der Waals surface area contributed by atoms with Crippen LogP contribution in [0.3, 0.4) is 0 Å². The lowest BCUT2D eigenvalue weighted by Crippen LogP contribution is -2.26. The number of unbranched alkanes of at least 4 members (excludes halogenated alkanes) is 1. The molecule has 32 heavy (non-hydrogen) atoms. The number of alkyl halides is 6. The molecule has 1 aliphatic rings. The molecule has 11 heteroatoms. The maximum atomic E-state index is 13.1. The standard InChI is InChI=1S/C21H23F6N3OS/c1-13-17(18(31)28-6-2-3-7-30-8-4-5-9-30)32-19(29-13)14-10-15(20(22,23)24)12-16(11-14)21(25,26)27/h10-12H,2-9H2,1H3,(H,28,31). The molecule has 1 saturated heterocycles. The van der Waals surface area contributed by atoms with Gasteiger partial charge in [0.05, 0.1) is 16.8 Å². The smallest absolute Gasteiger partial charge is 0.351 e. The number of rotatable bonds is 7. The summed E-state index contributed by atoms with van der Waals surface area (Å²) in [4.78, 5) is 19.1. The lowest BCUT2D eigenvalue weighted by Gasteiger charge is -2.13. The molecule has 3 rings (SSSR count). The molecule has 1 aromatic heterocycles. The summed E-state index contributed by atoms with van der Waals surface area (Å²) >= 11 is 0.777. The van der Waals surface area contributed by atoms with Crippen molar-refractivity contribution in [3.05, 3.63) is 39.9 Å². The van der Waals surface area contributed by atoms with Crippen molar-refractivity contribution in [2.24, 2.45) is 0 Å². The van der Waals surface area contributed by atoms with Crippen LogP contribution in [-0.2, 0) is 12.4 Å². The van der Waals surface area contributed by atoms with Crippen LogP contribution in [0.4, 0.5) is 26.3 Å². The Bertz CT molecular complexity index is 916. The molecular formula is C21H23F6N3OS. The molecule has 0 saturated carbocycles. The average Bonchev–Trinajstić information content (AvgIpc) is 3.35. The maximum absolute atomic E-state index is 13.1. The van der Waals surface area contributed by atoms with Crippen LogP contribution in [0.15, 0.2) is 18.2 Å². The summed E-state index contributed by atoms with van der Waals surface area (Å²) < 4.78 is 78.7. The number of aromatic nitrogens is 1. The molecule has 2 aromatic rings. The monoisotopic (exact) mass is 479 g/mol. The largest absolute Gasteiger partial charge is 0.416 e. The first kappa shape index (κ1) is 24.5. The summed E-state index contributed by atoms with van der Waals surface area (Å²) in [6, 6.07) is 1.31. The Balaban J connectivity index is 1.70. The van der Waals surface area contributed by atoms with Gasteiger partial charge in [-0.1, -0.05) is 0 Å². The molecule has 0 aliphatic carbocycles. The Hall–Kier alpha value is -2.14. The second-order valence-corrected chi connectivity index (χ2v) is 8.74. The lowest BCUT2D eigenvalue weighted by molar-refractivity contribution is -0.143. The Morgan fingerprint density at radius 1 is 1.03 bits per heavy atom. The molecule has 0 unspecified atom stereocenters. The van der Waals surface area contributed by atoms with Crippen molar-refractivity contribution in [2.45, 2.75) is 45.0 Å². The molecule has 0 atom stereocenters. The Morgan fingerprint density at radius 2 is 1.62 bits per heavy atom. The second kappa shape index (κ2) is 9.78. The number of benzene rings is 1. The van der Waals surface area contributed by atoms with Gasteiger partial charge >= 0.3 is 12.4 Å². The number of hydrogen-bond donors (Lipinski definition) is 1. The quantitative estimate of drug-likeness (QED) is 0.406. The number of nitrogens with one attached hydrogen (secondary N) is 1. The highest BCUT2D eigenvalue weighted by atomic mass is 32.1. The first-order valence-corrected chi connectivity index (χ1v) is 11.0. The predicted molar refractivity (Wildman–Crippen MR) is 110 cm³/mol. The minimum absolute atomic E-state index is 0.0692. The molecule has 0 bridgehead atoms. The molecular weight excluding hydrogens is 456 g/mol. The van der Waals surface area contributed by atoms with E-state index in [4.69, 9.17) is 0 Å². The van der Waals surface area contributed by atoms with E-state index >= 15 is 0 Å². The van der Waals surface area contributed by atoms with Crippen LogP contribution in [-0.4, -0.2) is 42.0 Å². The minimum Gasteiger partial charge on any atom is -0.351 e. The average molecular weight is 479 g/mol. The number of likely N-dealkylation sites (tertiary alicyclic amines) is 1. The third kappa shape index (κ3) is 6.22. The lowest BCUT2D eigenvalue weighted by atomic mass is 10.1. The summed E-state index contributed by atoms with van der Waals surface area (Å²) in [6.07, 6.45) is -5.78. The van der Waals surface area contributed by atoms with E-state index in [0.717, 1.165) is 43.8 Å². The van der Waals surface area contributed by atoms with Crippen molar-refractivity contribution in [1.29, 1.82) is 0 Å². The van der Waals surface area contributed by atoms with Gasteiger partial charge in [0.25, 0.3) is 5.91 Å². The van der Waals surface area contributed by atoms with Crippen molar-refractivity contribution in [3.8, 4) is 10.6 Å². The SMILES string of the molecule is Cc1nc(-c2cc(C(F)(F)F)cc(C(F)(F)F)c2)sc1C(=O)NCCCCN1CCCC1. The van der Waals surface area contributed by atoms with Gasteiger partial charge in [0.2, 0.25) is 0 Å². The Kier molecular flexibility index (Phi) is 7.49. The fraction of sp³-hybridized carbons (Fsp3) is 0.524. The molecule has 4 nitrogen and oxygen atoms in total. The predicted octanol–water partition coefficient (Wildman–Crippen LogP) is 5.76. The first-order chi connectivity index (χ1) is 14.9. The molecule has 176 valence electrons. The van der Waals surface area contributed by atoms with Crippen molar-refractivity contribution in [2.75, 3.05) is 26.2 Å². The van der Waals surface area contributed by atoms with E-state index in [1.54, 1.807) is 0 Å². The van der Waals surface area contributed by atoms with Gasteiger partial charge in [0, 0.05) is 12.1 Å². The summed E-state index contributed by atoms with van der Waals surface area (Å²) in [5.41, 5.74) is -2.91. The highest BCUT2D eigenvalue weighted by Crippen LogP contribution is 2.39. The van der Waals surface area contributed by atoms with E-state index in [9.17, 15) is 31.1 Å². The zero-order chi connectivity index (χ0) is 23.5. The van der Waals surface area contributed by atoms with Crippen LogP contribution in [0.2, 0.25) is 0 Å². The van der Waals surface area contributed by atoms with Gasteiger partial charge in [0.1, 0.15) is 9.88 Å². The van der Waals surface area contributed by atoms with Crippen LogP contribution in [0.1, 0.15) is 52.2 Å².